The molecule has 0 N–H and O–H groups in total. The molecule has 3 heterocycles. The molecule has 5 rings (SSSR count). The lowest BCUT2D eigenvalue weighted by Crippen LogP contribution is -2.37. The van der Waals surface area contributed by atoms with E-state index >= 15 is 0 Å². The fourth-order valence-corrected chi connectivity index (χ4v) is 3.94. The average Bonchev–Trinajstić information content (AvgIpc) is 3.46. The summed E-state index contributed by atoms with van der Waals surface area (Å²) >= 11 is 0. The molecule has 0 spiro atoms. The van der Waals surface area contributed by atoms with Crippen LogP contribution in [0.15, 0.2) is 57.9 Å². The Bertz CT molecular complexity index is 1120. The molecule has 1 aliphatic carbocycles. The highest BCUT2D eigenvalue weighted by atomic mass is 16.3. The van der Waals surface area contributed by atoms with Crippen molar-refractivity contribution in [1.29, 1.82) is 0 Å². The van der Waals surface area contributed by atoms with E-state index in [0.29, 0.717) is 24.7 Å². The second-order valence-corrected chi connectivity index (χ2v) is 7.77. The Morgan fingerprint density at radius 1 is 1.11 bits per heavy atom. The van der Waals surface area contributed by atoms with Crippen molar-refractivity contribution in [3.63, 3.8) is 0 Å². The first-order chi connectivity index (χ1) is 13.6. The molecule has 1 amide bonds. The molecule has 1 aliphatic heterocycles. The Morgan fingerprint density at radius 2 is 1.96 bits per heavy atom. The fourth-order valence-electron chi connectivity index (χ4n) is 3.94. The van der Waals surface area contributed by atoms with Gasteiger partial charge in [0.05, 0.1) is 0 Å². The minimum atomic E-state index is 0.0138. The van der Waals surface area contributed by atoms with Crippen LogP contribution in [0.5, 0.6) is 0 Å². The number of benzene rings is 1. The van der Waals surface area contributed by atoms with Gasteiger partial charge in [0.1, 0.15) is 11.5 Å². The molecule has 1 fully saturated rings. The van der Waals surface area contributed by atoms with Crippen LogP contribution in [0.3, 0.4) is 0 Å². The molecule has 0 radical (unpaired) electrons. The number of amides is 1. The summed E-state index contributed by atoms with van der Waals surface area (Å²) in [4.78, 5) is 27.3. The SMILES string of the molecule is Cc1ccc(-c2cccc(C(=O)N3CCc4cc(=O)n(C5CC5)cc4C3)c2)o1. The Labute approximate surface area is 163 Å². The van der Waals surface area contributed by atoms with Crippen molar-refractivity contribution in [3.05, 3.63) is 81.5 Å². The van der Waals surface area contributed by atoms with E-state index < -0.39 is 0 Å². The number of nitrogens with zero attached hydrogens (tertiary/aromatic N) is 2. The third kappa shape index (κ3) is 3.07. The molecule has 2 aromatic heterocycles. The minimum Gasteiger partial charge on any atom is -0.461 e. The Hall–Kier alpha value is -3.08. The summed E-state index contributed by atoms with van der Waals surface area (Å²) in [6.45, 7) is 3.08. The van der Waals surface area contributed by atoms with Crippen molar-refractivity contribution in [2.75, 3.05) is 6.54 Å². The van der Waals surface area contributed by atoms with E-state index in [1.807, 2.05) is 59.0 Å². The minimum absolute atomic E-state index is 0.0138. The van der Waals surface area contributed by atoms with Crippen molar-refractivity contribution in [1.82, 2.24) is 9.47 Å². The summed E-state index contributed by atoms with van der Waals surface area (Å²) in [7, 11) is 0. The standard InChI is InChI=1S/C23H22N2O3/c1-15-5-8-21(28-15)17-3-2-4-18(11-17)23(27)24-10-9-16-12-22(26)25(20-6-7-20)14-19(16)13-24/h2-5,8,11-12,14,20H,6-7,9-10,13H2,1H3. The zero-order valence-corrected chi connectivity index (χ0v) is 15.9. The van der Waals surface area contributed by atoms with Gasteiger partial charge in [0.25, 0.3) is 11.5 Å². The van der Waals surface area contributed by atoms with E-state index in [1.54, 1.807) is 6.07 Å². The second kappa shape index (κ2) is 6.51. The molecule has 0 unspecified atom stereocenters. The first kappa shape index (κ1) is 17.0. The van der Waals surface area contributed by atoms with Gasteiger partial charge in [-0.3, -0.25) is 9.59 Å². The van der Waals surface area contributed by atoms with Crippen LogP contribution in [-0.4, -0.2) is 21.9 Å². The molecule has 0 saturated heterocycles. The summed E-state index contributed by atoms with van der Waals surface area (Å²) in [5.74, 6) is 1.63. The predicted octanol–water partition coefficient (Wildman–Crippen LogP) is 3.95. The van der Waals surface area contributed by atoms with Gasteiger partial charge in [-0.25, -0.2) is 0 Å². The zero-order chi connectivity index (χ0) is 19.3. The van der Waals surface area contributed by atoms with Crippen LogP contribution in [0.1, 0.15) is 46.1 Å². The smallest absolute Gasteiger partial charge is 0.254 e. The Morgan fingerprint density at radius 3 is 2.71 bits per heavy atom. The molecule has 28 heavy (non-hydrogen) atoms. The topological polar surface area (TPSA) is 55.5 Å². The average molecular weight is 374 g/mol. The lowest BCUT2D eigenvalue weighted by atomic mass is 10.0. The van der Waals surface area contributed by atoms with Crippen LogP contribution >= 0.6 is 0 Å². The van der Waals surface area contributed by atoms with E-state index in [-0.39, 0.29) is 11.5 Å². The molecular weight excluding hydrogens is 352 g/mol. The monoisotopic (exact) mass is 374 g/mol. The summed E-state index contributed by atoms with van der Waals surface area (Å²) in [5, 5.41) is 0. The van der Waals surface area contributed by atoms with Gasteiger partial charge in [-0.1, -0.05) is 12.1 Å². The highest BCUT2D eigenvalue weighted by Crippen LogP contribution is 2.34. The number of fused-ring (bicyclic) bond motifs is 1. The van der Waals surface area contributed by atoms with E-state index in [0.717, 1.165) is 47.5 Å². The number of aryl methyl sites for hydroxylation is 1. The maximum absolute atomic E-state index is 13.1. The van der Waals surface area contributed by atoms with Crippen LogP contribution in [0.25, 0.3) is 11.3 Å². The zero-order valence-electron chi connectivity index (χ0n) is 15.9. The Kier molecular flexibility index (Phi) is 3.97. The van der Waals surface area contributed by atoms with E-state index in [4.69, 9.17) is 4.42 Å². The number of aromatic nitrogens is 1. The molecule has 1 saturated carbocycles. The first-order valence-electron chi connectivity index (χ1n) is 9.78. The van der Waals surface area contributed by atoms with E-state index in [2.05, 4.69) is 0 Å². The molecule has 5 heteroatoms. The number of hydrogen-bond acceptors (Lipinski definition) is 3. The molecule has 142 valence electrons. The summed E-state index contributed by atoms with van der Waals surface area (Å²) in [6, 6.07) is 13.5. The number of hydrogen-bond donors (Lipinski definition) is 0. The van der Waals surface area contributed by atoms with Crippen LogP contribution in [0.4, 0.5) is 0 Å². The molecule has 3 aromatic rings. The van der Waals surface area contributed by atoms with Crippen molar-refractivity contribution >= 4 is 5.91 Å². The maximum atomic E-state index is 13.1. The van der Waals surface area contributed by atoms with Crippen LogP contribution in [0, 0.1) is 6.92 Å². The number of carbonyl (C=O) groups excluding carboxylic acids is 1. The molecule has 2 aliphatic rings. The van der Waals surface area contributed by atoms with Gasteiger partial charge in [-0.15, -0.1) is 0 Å². The molecule has 0 bridgehead atoms. The number of rotatable bonds is 3. The highest BCUT2D eigenvalue weighted by Gasteiger charge is 2.28. The largest absolute Gasteiger partial charge is 0.461 e. The van der Waals surface area contributed by atoms with Gasteiger partial charge in [0.15, 0.2) is 0 Å². The summed E-state index contributed by atoms with van der Waals surface area (Å²) in [6.07, 6.45) is 4.83. The van der Waals surface area contributed by atoms with Crippen molar-refractivity contribution in [2.45, 2.75) is 38.8 Å². The van der Waals surface area contributed by atoms with E-state index in [1.165, 1.54) is 0 Å². The highest BCUT2D eigenvalue weighted by molar-refractivity contribution is 5.95. The van der Waals surface area contributed by atoms with Crippen molar-refractivity contribution in [2.24, 2.45) is 0 Å². The van der Waals surface area contributed by atoms with Gasteiger partial charge >= 0.3 is 0 Å². The first-order valence-corrected chi connectivity index (χ1v) is 9.78. The number of carbonyl (C=O) groups is 1. The van der Waals surface area contributed by atoms with Gasteiger partial charge in [-0.05, 0) is 61.6 Å². The lowest BCUT2D eigenvalue weighted by Gasteiger charge is -2.29. The number of pyridine rings is 1. The van der Waals surface area contributed by atoms with Gasteiger partial charge in [0, 0.05) is 42.5 Å². The quantitative estimate of drug-likeness (QED) is 0.697. The number of furan rings is 1. The molecule has 5 nitrogen and oxygen atoms in total. The lowest BCUT2D eigenvalue weighted by molar-refractivity contribution is 0.0734. The maximum Gasteiger partial charge on any atom is 0.254 e. The fraction of sp³-hybridized carbons (Fsp3) is 0.304. The predicted molar refractivity (Wildman–Crippen MR) is 106 cm³/mol. The molecule has 1 aromatic carbocycles. The van der Waals surface area contributed by atoms with Crippen molar-refractivity contribution in [3.8, 4) is 11.3 Å². The second-order valence-electron chi connectivity index (χ2n) is 7.77. The van der Waals surface area contributed by atoms with E-state index in [9.17, 15) is 9.59 Å². The molecule has 0 atom stereocenters. The van der Waals surface area contributed by atoms with Crippen LogP contribution < -0.4 is 5.56 Å². The van der Waals surface area contributed by atoms with Crippen LogP contribution in [-0.2, 0) is 13.0 Å². The van der Waals surface area contributed by atoms with Gasteiger partial charge < -0.3 is 13.9 Å². The summed E-state index contributed by atoms with van der Waals surface area (Å²) in [5.41, 5.74) is 3.81. The van der Waals surface area contributed by atoms with Crippen LogP contribution in [0.2, 0.25) is 0 Å². The van der Waals surface area contributed by atoms with Crippen molar-refractivity contribution < 1.29 is 9.21 Å². The Balaban J connectivity index is 1.41. The molecular formula is C23H22N2O3. The van der Waals surface area contributed by atoms with Gasteiger partial charge in [0.2, 0.25) is 0 Å². The normalized spacial score (nSPS) is 16.1. The van der Waals surface area contributed by atoms with Gasteiger partial charge in [-0.2, -0.15) is 0 Å². The summed E-state index contributed by atoms with van der Waals surface area (Å²) < 4.78 is 7.53. The third-order valence-corrected chi connectivity index (χ3v) is 5.63. The third-order valence-electron chi connectivity index (χ3n) is 5.63.